The highest BCUT2D eigenvalue weighted by atomic mass is 16.7. The molecule has 1 fully saturated rings. The zero-order valence-electron chi connectivity index (χ0n) is 6.59. The normalized spacial score (nSPS) is 22.1. The van der Waals surface area contributed by atoms with Gasteiger partial charge in [-0.2, -0.15) is 0 Å². The third-order valence-electron chi connectivity index (χ3n) is 1.45. The average molecular weight is 142 g/mol. The van der Waals surface area contributed by atoms with Gasteiger partial charge in [-0.1, -0.05) is 20.4 Å². The third-order valence-corrected chi connectivity index (χ3v) is 1.45. The van der Waals surface area contributed by atoms with Gasteiger partial charge in [0.2, 0.25) is 0 Å². The largest absolute Gasteiger partial charge is 0.348 e. The predicted molar refractivity (Wildman–Crippen MR) is 39.7 cm³/mol. The van der Waals surface area contributed by atoms with Gasteiger partial charge < -0.3 is 9.47 Å². The van der Waals surface area contributed by atoms with E-state index in [1.54, 1.807) is 0 Å². The highest BCUT2D eigenvalue weighted by molar-refractivity contribution is 4.96. The summed E-state index contributed by atoms with van der Waals surface area (Å²) >= 11 is 0. The molecule has 0 aromatic heterocycles. The van der Waals surface area contributed by atoms with Crippen LogP contribution in [0.3, 0.4) is 0 Å². The highest BCUT2D eigenvalue weighted by Gasteiger charge is 2.18. The fraction of sp³-hybridized carbons (Fsp3) is 0.750. The number of ether oxygens (including phenoxy) is 2. The topological polar surface area (TPSA) is 18.5 Å². The molecule has 1 rings (SSSR count). The molecule has 1 aliphatic rings. The van der Waals surface area contributed by atoms with Crippen molar-refractivity contribution < 1.29 is 9.47 Å². The van der Waals surface area contributed by atoms with Gasteiger partial charge in [0.1, 0.15) is 0 Å². The smallest absolute Gasteiger partial charge is 0.160 e. The second-order valence-corrected chi connectivity index (χ2v) is 2.98. The Labute approximate surface area is 61.8 Å². The van der Waals surface area contributed by atoms with Crippen LogP contribution in [-0.4, -0.2) is 19.5 Å². The second kappa shape index (κ2) is 3.17. The van der Waals surface area contributed by atoms with Gasteiger partial charge in [0.25, 0.3) is 0 Å². The maximum Gasteiger partial charge on any atom is 0.160 e. The summed E-state index contributed by atoms with van der Waals surface area (Å²) in [6.45, 7) is 9.23. The fourth-order valence-corrected chi connectivity index (χ4v) is 0.875. The molecule has 10 heavy (non-hydrogen) atoms. The second-order valence-electron chi connectivity index (χ2n) is 2.98. The maximum absolute atomic E-state index is 5.33. The zero-order chi connectivity index (χ0) is 7.56. The third kappa shape index (κ3) is 1.82. The molecule has 1 heterocycles. The molecule has 1 saturated heterocycles. The van der Waals surface area contributed by atoms with Crippen molar-refractivity contribution >= 4 is 0 Å². The Balaban J connectivity index is 2.33. The van der Waals surface area contributed by atoms with Crippen LogP contribution in [0.5, 0.6) is 0 Å². The molecule has 0 atom stereocenters. The van der Waals surface area contributed by atoms with Crippen molar-refractivity contribution in [3.8, 4) is 0 Å². The SMILES string of the molecule is C=C1COC(C(C)C)OC1. The van der Waals surface area contributed by atoms with Crippen molar-refractivity contribution in [1.29, 1.82) is 0 Å². The molecule has 0 aromatic rings. The lowest BCUT2D eigenvalue weighted by Gasteiger charge is -2.27. The van der Waals surface area contributed by atoms with Gasteiger partial charge in [-0.3, -0.25) is 0 Å². The summed E-state index contributed by atoms with van der Waals surface area (Å²) in [5.74, 6) is 0.438. The molecule has 0 radical (unpaired) electrons. The molecule has 0 amide bonds. The van der Waals surface area contributed by atoms with Crippen LogP contribution in [-0.2, 0) is 9.47 Å². The predicted octanol–water partition coefficient (Wildman–Crippen LogP) is 1.57. The minimum absolute atomic E-state index is 0.0227. The molecular formula is C8H14O2. The zero-order valence-corrected chi connectivity index (χ0v) is 6.59. The van der Waals surface area contributed by atoms with Gasteiger partial charge in [0.05, 0.1) is 13.2 Å². The Morgan fingerprint density at radius 3 is 2.30 bits per heavy atom. The van der Waals surface area contributed by atoms with E-state index < -0.39 is 0 Å². The van der Waals surface area contributed by atoms with Crippen LogP contribution < -0.4 is 0 Å². The molecular weight excluding hydrogens is 128 g/mol. The van der Waals surface area contributed by atoms with Crippen LogP contribution in [0.1, 0.15) is 13.8 Å². The Morgan fingerprint density at radius 2 is 1.90 bits per heavy atom. The van der Waals surface area contributed by atoms with Crippen LogP contribution in [0.2, 0.25) is 0 Å². The Morgan fingerprint density at radius 1 is 1.40 bits per heavy atom. The summed E-state index contributed by atoms with van der Waals surface area (Å²) < 4.78 is 10.7. The lowest BCUT2D eigenvalue weighted by molar-refractivity contribution is -0.178. The van der Waals surface area contributed by atoms with Crippen molar-refractivity contribution in [3.05, 3.63) is 12.2 Å². The number of hydrogen-bond donors (Lipinski definition) is 0. The molecule has 0 saturated carbocycles. The summed E-state index contributed by atoms with van der Waals surface area (Å²) in [7, 11) is 0. The maximum atomic E-state index is 5.33. The standard InChI is InChI=1S/C8H14O2/c1-6(2)8-9-4-7(3)5-10-8/h6,8H,3-5H2,1-2H3. The Hall–Kier alpha value is -0.340. The summed E-state index contributed by atoms with van der Waals surface area (Å²) in [5.41, 5.74) is 1.02. The quantitative estimate of drug-likeness (QED) is 0.517. The van der Waals surface area contributed by atoms with E-state index in [0.717, 1.165) is 5.57 Å². The van der Waals surface area contributed by atoms with Crippen LogP contribution in [0.15, 0.2) is 12.2 Å². The van der Waals surface area contributed by atoms with E-state index >= 15 is 0 Å². The van der Waals surface area contributed by atoms with E-state index in [-0.39, 0.29) is 6.29 Å². The van der Waals surface area contributed by atoms with Crippen LogP contribution >= 0.6 is 0 Å². The average Bonchev–Trinajstić information content (AvgIpc) is 1.88. The summed E-state index contributed by atoms with van der Waals surface area (Å²) in [6.07, 6.45) is -0.0227. The number of hydrogen-bond acceptors (Lipinski definition) is 2. The first-order chi connectivity index (χ1) is 4.70. The van der Waals surface area contributed by atoms with E-state index in [9.17, 15) is 0 Å². The molecule has 0 unspecified atom stereocenters. The minimum Gasteiger partial charge on any atom is -0.348 e. The van der Waals surface area contributed by atoms with Gasteiger partial charge >= 0.3 is 0 Å². The molecule has 58 valence electrons. The van der Waals surface area contributed by atoms with E-state index in [1.807, 2.05) is 0 Å². The van der Waals surface area contributed by atoms with Crippen molar-refractivity contribution in [3.63, 3.8) is 0 Å². The van der Waals surface area contributed by atoms with E-state index in [0.29, 0.717) is 19.1 Å². The lowest BCUT2D eigenvalue weighted by atomic mass is 10.2. The first-order valence-corrected chi connectivity index (χ1v) is 3.60. The van der Waals surface area contributed by atoms with Crippen LogP contribution in [0.4, 0.5) is 0 Å². The van der Waals surface area contributed by atoms with E-state index in [2.05, 4.69) is 20.4 Å². The Bertz CT molecular complexity index is 119. The van der Waals surface area contributed by atoms with Gasteiger partial charge in [-0.25, -0.2) is 0 Å². The van der Waals surface area contributed by atoms with Gasteiger partial charge in [-0.05, 0) is 5.57 Å². The van der Waals surface area contributed by atoms with Crippen molar-refractivity contribution in [2.75, 3.05) is 13.2 Å². The monoisotopic (exact) mass is 142 g/mol. The first kappa shape index (κ1) is 7.76. The minimum atomic E-state index is -0.0227. The summed E-state index contributed by atoms with van der Waals surface area (Å²) in [4.78, 5) is 0. The first-order valence-electron chi connectivity index (χ1n) is 3.60. The van der Waals surface area contributed by atoms with Crippen molar-refractivity contribution in [2.24, 2.45) is 5.92 Å². The molecule has 0 bridgehead atoms. The fourth-order valence-electron chi connectivity index (χ4n) is 0.875. The molecule has 0 aromatic carbocycles. The summed E-state index contributed by atoms with van der Waals surface area (Å²) in [5, 5.41) is 0. The van der Waals surface area contributed by atoms with Gasteiger partial charge in [-0.15, -0.1) is 0 Å². The van der Waals surface area contributed by atoms with Crippen molar-refractivity contribution in [1.82, 2.24) is 0 Å². The highest BCUT2D eigenvalue weighted by Crippen LogP contribution is 2.14. The van der Waals surface area contributed by atoms with Gasteiger partial charge in [0.15, 0.2) is 6.29 Å². The van der Waals surface area contributed by atoms with Crippen molar-refractivity contribution in [2.45, 2.75) is 20.1 Å². The Kier molecular flexibility index (Phi) is 2.46. The van der Waals surface area contributed by atoms with E-state index in [4.69, 9.17) is 9.47 Å². The molecule has 0 spiro atoms. The van der Waals surface area contributed by atoms with Crippen LogP contribution in [0, 0.1) is 5.92 Å². The molecule has 2 heteroatoms. The number of rotatable bonds is 1. The van der Waals surface area contributed by atoms with E-state index in [1.165, 1.54) is 0 Å². The molecule has 0 N–H and O–H groups in total. The summed E-state index contributed by atoms with van der Waals surface area (Å²) in [6, 6.07) is 0. The van der Waals surface area contributed by atoms with Gasteiger partial charge in [0, 0.05) is 5.92 Å². The molecule has 0 aliphatic carbocycles. The lowest BCUT2D eigenvalue weighted by Crippen LogP contribution is -2.30. The molecule has 2 nitrogen and oxygen atoms in total. The molecule has 1 aliphatic heterocycles. The van der Waals surface area contributed by atoms with Crippen LogP contribution in [0.25, 0.3) is 0 Å².